The van der Waals surface area contributed by atoms with Crippen molar-refractivity contribution in [3.05, 3.63) is 35.9 Å². The molecule has 1 fully saturated rings. The second-order valence-corrected chi connectivity index (χ2v) is 12.1. The first-order chi connectivity index (χ1) is 23.2. The molecule has 1 aromatic rings. The number of carbonyl (C=O) groups is 7. The molecule has 0 bridgehead atoms. The molecule has 10 N–H and O–H groups in total. The van der Waals surface area contributed by atoms with Gasteiger partial charge in [0.1, 0.15) is 24.2 Å². The van der Waals surface area contributed by atoms with Crippen LogP contribution in [0, 0.1) is 5.92 Å². The molecule has 0 saturated carbocycles. The number of aliphatic imine (C=N–C) groups is 1. The van der Waals surface area contributed by atoms with Crippen molar-refractivity contribution in [3.8, 4) is 0 Å². The topological polar surface area (TPSA) is 276 Å². The SMILES string of the molecule is CC(C)[C@H]1C(=O)N[C@@H](CCCN=C(N)N)C(=O)NCC(=O)N[C@@H](CC(=O)O)C(=O)N[C@H](Cc2ccccc2)C(=O)N1CCCCCC(=O)O. The predicted octanol–water partition coefficient (Wildman–Crippen LogP) is -1.16. The zero-order valence-corrected chi connectivity index (χ0v) is 27.9. The first-order valence-electron chi connectivity index (χ1n) is 16.2. The Bertz CT molecular complexity index is 1350. The van der Waals surface area contributed by atoms with Gasteiger partial charge in [0, 0.05) is 25.9 Å². The molecule has 1 saturated heterocycles. The average Bonchev–Trinajstić information content (AvgIpc) is 3.02. The molecule has 4 atom stereocenters. The lowest BCUT2D eigenvalue weighted by Gasteiger charge is -2.37. The van der Waals surface area contributed by atoms with E-state index in [2.05, 4.69) is 26.3 Å². The van der Waals surface area contributed by atoms with Gasteiger partial charge in [0.05, 0.1) is 13.0 Å². The number of nitrogens with one attached hydrogen (secondary N) is 4. The van der Waals surface area contributed by atoms with Gasteiger partial charge in [-0.3, -0.25) is 38.6 Å². The molecule has 0 radical (unpaired) electrons. The quantitative estimate of drug-likeness (QED) is 0.0618. The molecule has 0 aliphatic carbocycles. The van der Waals surface area contributed by atoms with Gasteiger partial charge in [0.2, 0.25) is 29.5 Å². The van der Waals surface area contributed by atoms with Crippen LogP contribution in [0.3, 0.4) is 0 Å². The molecule has 1 aliphatic heterocycles. The number of hydrogen-bond donors (Lipinski definition) is 8. The summed E-state index contributed by atoms with van der Waals surface area (Å²) in [6, 6.07) is 3.50. The second-order valence-electron chi connectivity index (χ2n) is 12.1. The summed E-state index contributed by atoms with van der Waals surface area (Å²) in [4.78, 5) is 96.1. The van der Waals surface area contributed by atoms with Crippen LogP contribution in [0.25, 0.3) is 0 Å². The van der Waals surface area contributed by atoms with E-state index in [-0.39, 0.29) is 44.7 Å². The fourth-order valence-corrected chi connectivity index (χ4v) is 5.40. The van der Waals surface area contributed by atoms with Crippen LogP contribution in [0.1, 0.15) is 64.4 Å². The summed E-state index contributed by atoms with van der Waals surface area (Å²) in [5.74, 6) is -6.90. The fourth-order valence-electron chi connectivity index (χ4n) is 5.40. The first-order valence-corrected chi connectivity index (χ1v) is 16.2. The number of amides is 5. The van der Waals surface area contributed by atoms with Crippen molar-refractivity contribution in [2.24, 2.45) is 22.4 Å². The average molecular weight is 689 g/mol. The van der Waals surface area contributed by atoms with E-state index in [1.165, 1.54) is 4.90 Å². The fraction of sp³-hybridized carbons (Fsp3) is 0.562. The lowest BCUT2D eigenvalue weighted by Crippen LogP contribution is -2.61. The number of hydrogen-bond acceptors (Lipinski definition) is 8. The number of carboxylic acid groups (broad SMARTS) is 2. The molecule has 0 spiro atoms. The molecular formula is C32H48N8O9. The summed E-state index contributed by atoms with van der Waals surface area (Å²) in [6.45, 7) is 2.95. The third-order valence-electron chi connectivity index (χ3n) is 7.74. The number of unbranched alkanes of at least 4 members (excludes halogenated alkanes) is 2. The van der Waals surface area contributed by atoms with Gasteiger partial charge in [-0.25, -0.2) is 0 Å². The lowest BCUT2D eigenvalue weighted by molar-refractivity contribution is -0.146. The molecule has 0 unspecified atom stereocenters. The number of rotatable bonds is 15. The Balaban J connectivity index is 2.62. The standard InChI is InChI=1S/C32H48N8O9/c1-19(2)27-30(48)38-21(12-9-14-35-32(33)34)28(46)36-18-24(41)37-22(17-26(44)45)29(47)39-23(16-20-10-5-3-6-11-20)31(49)40(27)15-8-4-7-13-25(42)43/h3,5-6,10-11,19,21-23,27H,4,7-9,12-18H2,1-2H3,(H,36,46)(H,37,41)(H,38,48)(H,39,47)(H,42,43)(H,44,45)(H4,33,34,35)/t21-,22-,23+,27-/m0/s1. The van der Waals surface area contributed by atoms with Gasteiger partial charge in [0.25, 0.3) is 0 Å². The summed E-state index contributed by atoms with van der Waals surface area (Å²) >= 11 is 0. The maximum atomic E-state index is 14.5. The summed E-state index contributed by atoms with van der Waals surface area (Å²) in [5.41, 5.74) is 11.5. The maximum Gasteiger partial charge on any atom is 0.305 e. The second kappa shape index (κ2) is 20.2. The van der Waals surface area contributed by atoms with Gasteiger partial charge in [0.15, 0.2) is 5.96 Å². The Hall–Kier alpha value is -5.22. The van der Waals surface area contributed by atoms with Crippen LogP contribution < -0.4 is 32.7 Å². The van der Waals surface area contributed by atoms with E-state index in [1.807, 2.05) is 0 Å². The molecule has 1 aromatic carbocycles. The van der Waals surface area contributed by atoms with Gasteiger partial charge in [-0.2, -0.15) is 0 Å². The number of nitrogens with two attached hydrogens (primary N) is 2. The highest BCUT2D eigenvalue weighted by molar-refractivity contribution is 5.98. The number of benzene rings is 1. The Morgan fingerprint density at radius 2 is 1.53 bits per heavy atom. The molecule has 2 rings (SSSR count). The highest BCUT2D eigenvalue weighted by Gasteiger charge is 2.39. The van der Waals surface area contributed by atoms with Crippen molar-refractivity contribution < 1.29 is 43.8 Å². The number of guanidine groups is 1. The van der Waals surface area contributed by atoms with Crippen LogP contribution >= 0.6 is 0 Å². The summed E-state index contributed by atoms with van der Waals surface area (Å²) in [6.07, 6.45) is 0.461. The Morgan fingerprint density at radius 3 is 2.14 bits per heavy atom. The molecule has 17 nitrogen and oxygen atoms in total. The smallest absolute Gasteiger partial charge is 0.305 e. The molecule has 0 aromatic heterocycles. The van der Waals surface area contributed by atoms with Crippen molar-refractivity contribution in [2.45, 2.75) is 89.4 Å². The normalized spacial score (nSPS) is 21.0. The van der Waals surface area contributed by atoms with E-state index >= 15 is 0 Å². The molecule has 17 heteroatoms. The zero-order valence-electron chi connectivity index (χ0n) is 27.9. The van der Waals surface area contributed by atoms with Gasteiger partial charge in [-0.15, -0.1) is 0 Å². The Morgan fingerprint density at radius 1 is 0.857 bits per heavy atom. The number of nitrogens with zero attached hydrogens (tertiary/aromatic N) is 2. The highest BCUT2D eigenvalue weighted by atomic mass is 16.4. The molecule has 1 heterocycles. The van der Waals surface area contributed by atoms with Crippen LogP contribution in [0.15, 0.2) is 35.3 Å². The van der Waals surface area contributed by atoms with Crippen molar-refractivity contribution in [1.29, 1.82) is 0 Å². The van der Waals surface area contributed by atoms with Crippen molar-refractivity contribution in [3.63, 3.8) is 0 Å². The van der Waals surface area contributed by atoms with E-state index in [9.17, 15) is 38.7 Å². The number of aliphatic carboxylic acids is 2. The summed E-state index contributed by atoms with van der Waals surface area (Å²) < 4.78 is 0. The Labute approximate surface area is 284 Å². The summed E-state index contributed by atoms with van der Waals surface area (Å²) in [5, 5.41) is 28.6. The minimum atomic E-state index is -1.60. The molecule has 49 heavy (non-hydrogen) atoms. The number of carbonyl (C=O) groups excluding carboxylic acids is 5. The third kappa shape index (κ3) is 14.2. The van der Waals surface area contributed by atoms with Gasteiger partial charge in [-0.1, -0.05) is 50.6 Å². The van der Waals surface area contributed by atoms with Crippen molar-refractivity contribution in [1.82, 2.24) is 26.2 Å². The van der Waals surface area contributed by atoms with E-state index in [4.69, 9.17) is 16.6 Å². The van der Waals surface area contributed by atoms with E-state index in [1.54, 1.807) is 44.2 Å². The first kappa shape index (κ1) is 40.0. The van der Waals surface area contributed by atoms with Crippen LogP contribution in [-0.2, 0) is 40.0 Å². The van der Waals surface area contributed by atoms with Gasteiger partial charge in [-0.05, 0) is 37.2 Å². The highest BCUT2D eigenvalue weighted by Crippen LogP contribution is 2.18. The third-order valence-corrected chi connectivity index (χ3v) is 7.74. The molecule has 270 valence electrons. The van der Waals surface area contributed by atoms with Crippen molar-refractivity contribution in [2.75, 3.05) is 19.6 Å². The summed E-state index contributed by atoms with van der Waals surface area (Å²) in [7, 11) is 0. The van der Waals surface area contributed by atoms with Crippen LogP contribution in [0.5, 0.6) is 0 Å². The molecule has 5 amide bonds. The van der Waals surface area contributed by atoms with E-state index in [0.29, 0.717) is 24.8 Å². The maximum absolute atomic E-state index is 14.5. The van der Waals surface area contributed by atoms with Crippen LogP contribution in [-0.4, -0.2) is 106 Å². The minimum absolute atomic E-state index is 0.00647. The largest absolute Gasteiger partial charge is 0.481 e. The van der Waals surface area contributed by atoms with Crippen molar-refractivity contribution >= 4 is 47.4 Å². The van der Waals surface area contributed by atoms with Crippen LogP contribution in [0.2, 0.25) is 0 Å². The molecule has 1 aliphatic rings. The predicted molar refractivity (Wildman–Crippen MR) is 178 cm³/mol. The van der Waals surface area contributed by atoms with Crippen LogP contribution in [0.4, 0.5) is 0 Å². The lowest BCUT2D eigenvalue weighted by atomic mass is 9.97. The minimum Gasteiger partial charge on any atom is -0.481 e. The molecular weight excluding hydrogens is 640 g/mol. The Kier molecular flexibility index (Phi) is 16.5. The van der Waals surface area contributed by atoms with Gasteiger partial charge >= 0.3 is 11.9 Å². The van der Waals surface area contributed by atoms with E-state index < -0.39 is 84.5 Å². The number of carboxylic acids is 2. The van der Waals surface area contributed by atoms with E-state index in [0.717, 1.165) is 0 Å². The zero-order chi connectivity index (χ0) is 36.5. The monoisotopic (exact) mass is 688 g/mol. The van der Waals surface area contributed by atoms with Gasteiger partial charge < -0.3 is 47.8 Å².